The molecule has 0 amide bonds. The van der Waals surface area contributed by atoms with Crippen molar-refractivity contribution in [1.29, 1.82) is 0 Å². The van der Waals surface area contributed by atoms with Crippen LogP contribution in [0.1, 0.15) is 37.4 Å². The van der Waals surface area contributed by atoms with Crippen LogP contribution in [0.3, 0.4) is 0 Å². The summed E-state index contributed by atoms with van der Waals surface area (Å²) in [6, 6.07) is 0. The zero-order valence-corrected chi connectivity index (χ0v) is 10.8. The van der Waals surface area contributed by atoms with Crippen molar-refractivity contribution in [3.05, 3.63) is 17.5 Å². The topological polar surface area (TPSA) is 29.9 Å². The van der Waals surface area contributed by atoms with Gasteiger partial charge in [0.1, 0.15) is 0 Å². The number of piperidine rings is 1. The molecule has 0 radical (unpaired) electrons. The van der Waals surface area contributed by atoms with Crippen LogP contribution in [-0.4, -0.2) is 22.9 Å². The first-order valence-electron chi connectivity index (χ1n) is 6.30. The fourth-order valence-corrected chi connectivity index (χ4v) is 2.85. The molecule has 0 bridgehead atoms. The van der Waals surface area contributed by atoms with E-state index in [-0.39, 0.29) is 0 Å². The lowest BCUT2D eigenvalue weighted by atomic mass is 9.75. The van der Waals surface area contributed by atoms with Gasteiger partial charge in [-0.3, -0.25) is 4.68 Å². The minimum Gasteiger partial charge on any atom is -0.316 e. The Morgan fingerprint density at radius 3 is 2.81 bits per heavy atom. The van der Waals surface area contributed by atoms with Crippen molar-refractivity contribution >= 4 is 0 Å². The van der Waals surface area contributed by atoms with Crippen molar-refractivity contribution < 1.29 is 0 Å². The summed E-state index contributed by atoms with van der Waals surface area (Å²) in [4.78, 5) is 0. The average molecular weight is 221 g/mol. The molecule has 0 spiro atoms. The molecule has 1 aliphatic heterocycles. The largest absolute Gasteiger partial charge is 0.316 e. The van der Waals surface area contributed by atoms with Crippen molar-refractivity contribution in [1.82, 2.24) is 15.1 Å². The summed E-state index contributed by atoms with van der Waals surface area (Å²) in [5.74, 6) is 2.17. The van der Waals surface area contributed by atoms with Gasteiger partial charge in [-0.05, 0) is 49.8 Å². The third-order valence-electron chi connectivity index (χ3n) is 4.06. The molecule has 0 aliphatic carbocycles. The van der Waals surface area contributed by atoms with Gasteiger partial charge in [0.15, 0.2) is 0 Å². The zero-order chi connectivity index (χ0) is 11.7. The Kier molecular flexibility index (Phi) is 3.33. The van der Waals surface area contributed by atoms with Crippen molar-refractivity contribution in [3.8, 4) is 0 Å². The Morgan fingerprint density at radius 2 is 2.25 bits per heavy atom. The molecule has 16 heavy (non-hydrogen) atoms. The Hall–Kier alpha value is -0.830. The van der Waals surface area contributed by atoms with Crippen LogP contribution < -0.4 is 5.32 Å². The monoisotopic (exact) mass is 221 g/mol. The molecule has 0 saturated carbocycles. The number of rotatable bonds is 2. The van der Waals surface area contributed by atoms with Gasteiger partial charge in [0.25, 0.3) is 0 Å². The number of aromatic nitrogens is 2. The highest BCUT2D eigenvalue weighted by molar-refractivity contribution is 5.23. The van der Waals surface area contributed by atoms with Gasteiger partial charge in [-0.15, -0.1) is 0 Å². The lowest BCUT2D eigenvalue weighted by Crippen LogP contribution is -2.38. The van der Waals surface area contributed by atoms with Gasteiger partial charge in [0.2, 0.25) is 0 Å². The number of hydrogen-bond donors (Lipinski definition) is 1. The summed E-state index contributed by atoms with van der Waals surface area (Å²) >= 11 is 0. The first-order chi connectivity index (χ1) is 7.61. The van der Waals surface area contributed by atoms with Gasteiger partial charge in [-0.2, -0.15) is 5.10 Å². The molecular formula is C13H23N3. The molecule has 1 fully saturated rings. The normalized spacial score (nSPS) is 26.3. The highest BCUT2D eigenvalue weighted by atomic mass is 15.3. The molecule has 2 atom stereocenters. The highest BCUT2D eigenvalue weighted by Gasteiger charge is 2.30. The van der Waals surface area contributed by atoms with E-state index in [9.17, 15) is 0 Å². The molecule has 3 nitrogen and oxygen atoms in total. The Morgan fingerprint density at radius 1 is 1.50 bits per heavy atom. The van der Waals surface area contributed by atoms with Crippen molar-refractivity contribution in [2.75, 3.05) is 13.1 Å². The van der Waals surface area contributed by atoms with E-state index in [0.717, 1.165) is 24.9 Å². The summed E-state index contributed by atoms with van der Waals surface area (Å²) < 4.78 is 1.99. The number of hydrogen-bond acceptors (Lipinski definition) is 2. The first kappa shape index (κ1) is 11.6. The van der Waals surface area contributed by atoms with Gasteiger partial charge in [0, 0.05) is 12.7 Å². The Bertz CT molecular complexity index is 354. The number of nitrogens with one attached hydrogen (secondary N) is 1. The lowest BCUT2D eigenvalue weighted by Gasteiger charge is -2.35. The lowest BCUT2D eigenvalue weighted by molar-refractivity contribution is 0.254. The van der Waals surface area contributed by atoms with Crippen LogP contribution in [0, 0.1) is 18.8 Å². The van der Waals surface area contributed by atoms with Crippen LogP contribution in [0.15, 0.2) is 6.20 Å². The molecule has 90 valence electrons. The Balaban J connectivity index is 2.26. The molecule has 0 aromatic carbocycles. The van der Waals surface area contributed by atoms with Crippen LogP contribution in [-0.2, 0) is 7.05 Å². The smallest absolute Gasteiger partial charge is 0.0527 e. The van der Waals surface area contributed by atoms with Crippen molar-refractivity contribution in [2.45, 2.75) is 33.1 Å². The second-order valence-corrected chi connectivity index (χ2v) is 5.32. The van der Waals surface area contributed by atoms with Crippen molar-refractivity contribution in [3.63, 3.8) is 0 Å². The van der Waals surface area contributed by atoms with Gasteiger partial charge >= 0.3 is 0 Å². The van der Waals surface area contributed by atoms with Crippen LogP contribution in [0.2, 0.25) is 0 Å². The molecule has 1 aromatic rings. The standard InChI is InChI=1S/C13H23N3/c1-9(2)12-7-14-6-5-11(12)13-8-15-16(4)10(13)3/h8-9,11-12,14H,5-7H2,1-4H3. The van der Waals surface area contributed by atoms with Crippen molar-refractivity contribution in [2.24, 2.45) is 18.9 Å². The van der Waals surface area contributed by atoms with E-state index in [4.69, 9.17) is 0 Å². The van der Waals surface area contributed by atoms with Crippen LogP contribution in [0.5, 0.6) is 0 Å². The van der Waals surface area contributed by atoms with E-state index < -0.39 is 0 Å². The molecule has 1 saturated heterocycles. The molecule has 1 N–H and O–H groups in total. The minimum atomic E-state index is 0.690. The summed E-state index contributed by atoms with van der Waals surface area (Å²) in [5.41, 5.74) is 2.79. The third-order valence-corrected chi connectivity index (χ3v) is 4.06. The van der Waals surface area contributed by atoms with Crippen LogP contribution >= 0.6 is 0 Å². The van der Waals surface area contributed by atoms with E-state index in [2.05, 4.69) is 37.4 Å². The highest BCUT2D eigenvalue weighted by Crippen LogP contribution is 2.35. The quantitative estimate of drug-likeness (QED) is 0.828. The third kappa shape index (κ3) is 2.01. The molecule has 3 heteroatoms. The molecule has 2 heterocycles. The van der Waals surface area contributed by atoms with E-state index in [1.165, 1.54) is 17.7 Å². The molecule has 1 aromatic heterocycles. The average Bonchev–Trinajstić information content (AvgIpc) is 2.60. The predicted octanol–water partition coefficient (Wildman–Crippen LogP) is 2.08. The number of aryl methyl sites for hydroxylation is 1. The van der Waals surface area contributed by atoms with Crippen LogP contribution in [0.4, 0.5) is 0 Å². The van der Waals surface area contributed by atoms with E-state index >= 15 is 0 Å². The summed E-state index contributed by atoms with van der Waals surface area (Å²) in [7, 11) is 2.03. The fourth-order valence-electron chi connectivity index (χ4n) is 2.85. The van der Waals surface area contributed by atoms with E-state index in [1.54, 1.807) is 0 Å². The Labute approximate surface area is 98.2 Å². The predicted molar refractivity (Wildman–Crippen MR) is 66.5 cm³/mol. The second kappa shape index (κ2) is 4.58. The fraction of sp³-hybridized carbons (Fsp3) is 0.769. The first-order valence-corrected chi connectivity index (χ1v) is 6.30. The van der Waals surface area contributed by atoms with E-state index in [0.29, 0.717) is 5.92 Å². The zero-order valence-electron chi connectivity index (χ0n) is 10.8. The van der Waals surface area contributed by atoms with Gasteiger partial charge in [0.05, 0.1) is 6.20 Å². The molecule has 2 rings (SSSR count). The van der Waals surface area contributed by atoms with Gasteiger partial charge in [-0.1, -0.05) is 13.8 Å². The SMILES string of the molecule is Cc1c(C2CCNCC2C(C)C)cnn1C. The molecule has 1 aliphatic rings. The summed E-state index contributed by atoms with van der Waals surface area (Å²) in [6.45, 7) is 9.13. The van der Waals surface area contributed by atoms with Gasteiger partial charge in [-0.25, -0.2) is 0 Å². The summed E-state index contributed by atoms with van der Waals surface area (Å²) in [5, 5.41) is 7.90. The summed E-state index contributed by atoms with van der Waals surface area (Å²) in [6.07, 6.45) is 3.32. The van der Waals surface area contributed by atoms with Gasteiger partial charge < -0.3 is 5.32 Å². The minimum absolute atomic E-state index is 0.690. The van der Waals surface area contributed by atoms with Crippen LogP contribution in [0.25, 0.3) is 0 Å². The molecular weight excluding hydrogens is 198 g/mol. The maximum atomic E-state index is 4.38. The van der Waals surface area contributed by atoms with E-state index in [1.807, 2.05) is 11.7 Å². The maximum Gasteiger partial charge on any atom is 0.0527 e. The maximum absolute atomic E-state index is 4.38. The number of nitrogens with zero attached hydrogens (tertiary/aromatic N) is 2. The second-order valence-electron chi connectivity index (χ2n) is 5.32. The molecule has 2 unspecified atom stereocenters.